The number of aliphatic hydroxyl groups is 1. The lowest BCUT2D eigenvalue weighted by molar-refractivity contribution is -0.140. The van der Waals surface area contributed by atoms with Gasteiger partial charge in [0.05, 0.1) is 5.60 Å². The molecule has 5 nitrogen and oxygen atoms in total. The zero-order valence-corrected chi connectivity index (χ0v) is 9.93. The summed E-state index contributed by atoms with van der Waals surface area (Å²) in [5.74, 6) is -0.755. The van der Waals surface area contributed by atoms with E-state index in [9.17, 15) is 14.7 Å². The first kappa shape index (κ1) is 14.2. The zero-order valence-electron chi connectivity index (χ0n) is 9.11. The molecule has 3 N–H and O–H groups in total. The van der Waals surface area contributed by atoms with E-state index in [2.05, 4.69) is 5.32 Å². The van der Waals surface area contributed by atoms with Gasteiger partial charge in [-0.05, 0) is 13.8 Å². The van der Waals surface area contributed by atoms with E-state index in [1.165, 1.54) is 18.7 Å². The van der Waals surface area contributed by atoms with E-state index in [1.807, 2.05) is 0 Å². The third kappa shape index (κ3) is 8.26. The summed E-state index contributed by atoms with van der Waals surface area (Å²) in [6.07, 6.45) is 0. The number of carboxylic acid groups (broad SMARTS) is 1. The average Bonchev–Trinajstić information content (AvgIpc) is 1.99. The van der Waals surface area contributed by atoms with E-state index >= 15 is 0 Å². The summed E-state index contributed by atoms with van der Waals surface area (Å²) in [6, 6.07) is -0.894. The first-order chi connectivity index (χ1) is 6.72. The van der Waals surface area contributed by atoms with Gasteiger partial charge in [0.25, 0.3) is 0 Å². The summed E-state index contributed by atoms with van der Waals surface area (Å²) in [7, 11) is 0. The predicted octanol–water partition coefficient (Wildman–Crippen LogP) is 0.0798. The number of rotatable bonds is 6. The van der Waals surface area contributed by atoms with E-state index < -0.39 is 17.6 Å². The Labute approximate surface area is 93.2 Å². The molecule has 6 heteroatoms. The Morgan fingerprint density at radius 1 is 1.47 bits per heavy atom. The fourth-order valence-electron chi connectivity index (χ4n) is 0.847. The zero-order chi connectivity index (χ0) is 12.1. The average molecular weight is 235 g/mol. The van der Waals surface area contributed by atoms with Gasteiger partial charge >= 0.3 is 5.97 Å². The molecule has 0 saturated carbocycles. The Hall–Kier alpha value is -0.750. The molecule has 15 heavy (non-hydrogen) atoms. The van der Waals surface area contributed by atoms with Gasteiger partial charge in [-0.15, -0.1) is 0 Å². The van der Waals surface area contributed by atoms with Crippen molar-refractivity contribution in [2.45, 2.75) is 32.4 Å². The van der Waals surface area contributed by atoms with Crippen molar-refractivity contribution >= 4 is 23.6 Å². The van der Waals surface area contributed by atoms with Crippen LogP contribution in [0.3, 0.4) is 0 Å². The summed E-state index contributed by atoms with van der Waals surface area (Å²) in [5, 5.41) is 20.5. The topological polar surface area (TPSA) is 86.6 Å². The SMILES string of the molecule is CC(=O)NC(CSCC(C)(C)O)C(=O)O. The monoisotopic (exact) mass is 235 g/mol. The van der Waals surface area contributed by atoms with Crippen molar-refractivity contribution in [3.8, 4) is 0 Å². The largest absolute Gasteiger partial charge is 0.480 e. The first-order valence-electron chi connectivity index (χ1n) is 4.52. The summed E-state index contributed by atoms with van der Waals surface area (Å²) in [6.45, 7) is 4.57. The van der Waals surface area contributed by atoms with Crippen LogP contribution in [0.25, 0.3) is 0 Å². The van der Waals surface area contributed by atoms with E-state index in [0.717, 1.165) is 0 Å². The van der Waals surface area contributed by atoms with Crippen LogP contribution in [0.4, 0.5) is 0 Å². The third-order valence-electron chi connectivity index (χ3n) is 1.42. The highest BCUT2D eigenvalue weighted by Gasteiger charge is 2.20. The standard InChI is InChI=1S/C9H17NO4S/c1-6(11)10-7(8(12)13)4-15-5-9(2,3)14/h7,14H,4-5H2,1-3H3,(H,10,11)(H,12,13). The molecular weight excluding hydrogens is 218 g/mol. The molecule has 1 atom stereocenters. The van der Waals surface area contributed by atoms with Gasteiger partial charge in [0.1, 0.15) is 6.04 Å². The Morgan fingerprint density at radius 3 is 2.33 bits per heavy atom. The van der Waals surface area contributed by atoms with Gasteiger partial charge < -0.3 is 15.5 Å². The number of hydrogen-bond donors (Lipinski definition) is 3. The minimum atomic E-state index is -1.06. The summed E-state index contributed by atoms with van der Waals surface area (Å²) in [4.78, 5) is 21.4. The second kappa shape index (κ2) is 5.97. The number of amides is 1. The maximum atomic E-state index is 10.7. The van der Waals surface area contributed by atoms with E-state index in [0.29, 0.717) is 5.75 Å². The summed E-state index contributed by atoms with van der Waals surface area (Å²) in [5.41, 5.74) is -0.829. The van der Waals surface area contributed by atoms with Gasteiger partial charge in [-0.3, -0.25) is 4.79 Å². The van der Waals surface area contributed by atoms with Crippen molar-refractivity contribution in [3.05, 3.63) is 0 Å². The molecule has 0 aromatic heterocycles. The van der Waals surface area contributed by atoms with Gasteiger partial charge in [-0.25, -0.2) is 4.79 Å². The maximum absolute atomic E-state index is 10.7. The normalized spacial score (nSPS) is 13.3. The Morgan fingerprint density at radius 2 is 2.00 bits per heavy atom. The summed E-state index contributed by atoms with van der Waals surface area (Å²) >= 11 is 1.29. The van der Waals surface area contributed by atoms with Crippen molar-refractivity contribution in [2.24, 2.45) is 0 Å². The number of carboxylic acids is 1. The van der Waals surface area contributed by atoms with E-state index in [-0.39, 0.29) is 11.7 Å². The Kier molecular flexibility index (Phi) is 5.67. The molecule has 0 aliphatic rings. The smallest absolute Gasteiger partial charge is 0.327 e. The molecule has 0 aliphatic carbocycles. The van der Waals surface area contributed by atoms with Gasteiger partial charge in [-0.2, -0.15) is 11.8 Å². The van der Waals surface area contributed by atoms with Crippen molar-refractivity contribution in [2.75, 3.05) is 11.5 Å². The Bertz CT molecular complexity index is 237. The molecule has 0 radical (unpaired) electrons. The molecule has 0 rings (SSSR count). The predicted molar refractivity (Wildman–Crippen MR) is 58.9 cm³/mol. The van der Waals surface area contributed by atoms with E-state index in [1.54, 1.807) is 13.8 Å². The van der Waals surface area contributed by atoms with Gasteiger partial charge in [0.15, 0.2) is 0 Å². The second-order valence-electron chi connectivity index (χ2n) is 3.92. The minimum absolute atomic E-state index is 0.249. The molecule has 0 aromatic carbocycles. The molecule has 0 aromatic rings. The van der Waals surface area contributed by atoms with Crippen molar-refractivity contribution < 1.29 is 19.8 Å². The fraction of sp³-hybridized carbons (Fsp3) is 0.778. The molecule has 1 amide bonds. The maximum Gasteiger partial charge on any atom is 0.327 e. The van der Waals surface area contributed by atoms with Crippen LogP contribution < -0.4 is 5.32 Å². The molecule has 0 saturated heterocycles. The number of nitrogens with one attached hydrogen (secondary N) is 1. The van der Waals surface area contributed by atoms with Crippen LogP contribution in [-0.2, 0) is 9.59 Å². The third-order valence-corrected chi connectivity index (χ3v) is 2.90. The highest BCUT2D eigenvalue weighted by atomic mass is 32.2. The van der Waals surface area contributed by atoms with Crippen LogP contribution in [0.1, 0.15) is 20.8 Å². The molecule has 88 valence electrons. The van der Waals surface area contributed by atoms with Crippen LogP contribution in [0.2, 0.25) is 0 Å². The molecule has 0 aliphatic heterocycles. The summed E-state index contributed by atoms with van der Waals surface area (Å²) < 4.78 is 0. The van der Waals surface area contributed by atoms with Crippen LogP contribution in [0.15, 0.2) is 0 Å². The molecule has 1 unspecified atom stereocenters. The molecular formula is C9H17NO4S. The number of thioether (sulfide) groups is 1. The molecule has 0 heterocycles. The minimum Gasteiger partial charge on any atom is -0.480 e. The number of carbonyl (C=O) groups is 2. The fourth-order valence-corrected chi connectivity index (χ4v) is 1.93. The quantitative estimate of drug-likeness (QED) is 0.607. The highest BCUT2D eigenvalue weighted by Crippen LogP contribution is 2.13. The highest BCUT2D eigenvalue weighted by molar-refractivity contribution is 7.99. The molecule has 0 spiro atoms. The number of aliphatic carboxylic acids is 1. The first-order valence-corrected chi connectivity index (χ1v) is 5.68. The lowest BCUT2D eigenvalue weighted by atomic mass is 10.2. The van der Waals surface area contributed by atoms with Gasteiger partial charge in [0.2, 0.25) is 5.91 Å². The second-order valence-corrected chi connectivity index (χ2v) is 4.95. The number of hydrogen-bond acceptors (Lipinski definition) is 4. The van der Waals surface area contributed by atoms with Gasteiger partial charge in [0, 0.05) is 18.4 Å². The lowest BCUT2D eigenvalue weighted by Gasteiger charge is -2.18. The van der Waals surface area contributed by atoms with E-state index in [4.69, 9.17) is 5.11 Å². The number of carbonyl (C=O) groups excluding carboxylic acids is 1. The Balaban J connectivity index is 3.98. The molecule has 0 bridgehead atoms. The van der Waals surface area contributed by atoms with Crippen LogP contribution in [0, 0.1) is 0 Å². The lowest BCUT2D eigenvalue weighted by Crippen LogP contribution is -2.41. The van der Waals surface area contributed by atoms with Crippen LogP contribution in [-0.4, -0.2) is 45.2 Å². The van der Waals surface area contributed by atoms with Crippen molar-refractivity contribution in [1.82, 2.24) is 5.32 Å². The van der Waals surface area contributed by atoms with Crippen molar-refractivity contribution in [3.63, 3.8) is 0 Å². The van der Waals surface area contributed by atoms with Crippen LogP contribution >= 0.6 is 11.8 Å². The van der Waals surface area contributed by atoms with Crippen LogP contribution in [0.5, 0.6) is 0 Å². The molecule has 0 fully saturated rings. The van der Waals surface area contributed by atoms with Crippen molar-refractivity contribution in [1.29, 1.82) is 0 Å². The van der Waals surface area contributed by atoms with Gasteiger partial charge in [-0.1, -0.05) is 0 Å².